The highest BCUT2D eigenvalue weighted by Gasteiger charge is 2.24. The van der Waals surface area contributed by atoms with E-state index < -0.39 is 0 Å². The fraction of sp³-hybridized carbons (Fsp3) is 0.227. The molecule has 0 bridgehead atoms. The summed E-state index contributed by atoms with van der Waals surface area (Å²) < 4.78 is 2.03. The van der Waals surface area contributed by atoms with Crippen molar-refractivity contribution in [2.45, 2.75) is 33.1 Å². The van der Waals surface area contributed by atoms with Crippen molar-refractivity contribution < 1.29 is 0 Å². The minimum absolute atomic E-state index is 0.119. The average Bonchev–Trinajstić information content (AvgIpc) is 3.00. The molecule has 0 amide bonds. The van der Waals surface area contributed by atoms with Crippen LogP contribution in [-0.4, -0.2) is 9.38 Å². The molecule has 4 rings (SSSR count). The Labute approximate surface area is 153 Å². The van der Waals surface area contributed by atoms with Gasteiger partial charge in [0.1, 0.15) is 5.65 Å². The first-order chi connectivity index (χ1) is 12.4. The highest BCUT2D eigenvalue weighted by Crippen LogP contribution is 2.34. The van der Waals surface area contributed by atoms with Gasteiger partial charge in [0, 0.05) is 17.0 Å². The van der Waals surface area contributed by atoms with Crippen molar-refractivity contribution >= 4 is 27.9 Å². The van der Waals surface area contributed by atoms with Crippen LogP contribution in [0.1, 0.15) is 32.0 Å². The van der Waals surface area contributed by atoms with Crippen LogP contribution in [0, 0.1) is 6.92 Å². The third-order valence-electron chi connectivity index (χ3n) is 4.55. The normalized spacial score (nSPS) is 12.5. The smallest absolute Gasteiger partial charge is 0.183 e. The van der Waals surface area contributed by atoms with Crippen molar-refractivity contribution in [1.29, 1.82) is 0 Å². The van der Waals surface area contributed by atoms with Gasteiger partial charge in [0.25, 0.3) is 0 Å². The third-order valence-corrected chi connectivity index (χ3v) is 4.55. The second-order valence-electron chi connectivity index (χ2n) is 7.62. The van der Waals surface area contributed by atoms with Crippen LogP contribution in [0.5, 0.6) is 0 Å². The topological polar surface area (TPSA) is 42.0 Å². The molecule has 0 fully saturated rings. The first-order valence-corrected chi connectivity index (χ1v) is 8.83. The minimum atomic E-state index is -0.119. The van der Waals surface area contributed by atoms with E-state index in [2.05, 4.69) is 62.2 Å². The molecule has 0 unspecified atom stereocenters. The molecular formula is C22H22N4. The number of fused-ring (bicyclic) bond motifs is 2. The quantitative estimate of drug-likeness (QED) is 0.383. The zero-order valence-electron chi connectivity index (χ0n) is 15.6. The van der Waals surface area contributed by atoms with Gasteiger partial charge >= 0.3 is 0 Å². The molecule has 26 heavy (non-hydrogen) atoms. The van der Waals surface area contributed by atoms with Gasteiger partial charge in [-0.1, -0.05) is 63.2 Å². The van der Waals surface area contributed by atoms with E-state index in [0.29, 0.717) is 0 Å². The molecule has 0 aliphatic carbocycles. The fourth-order valence-corrected chi connectivity index (χ4v) is 3.19. The van der Waals surface area contributed by atoms with Crippen molar-refractivity contribution in [2.24, 2.45) is 10.2 Å². The largest absolute Gasteiger partial charge is 0.283 e. The third kappa shape index (κ3) is 2.77. The summed E-state index contributed by atoms with van der Waals surface area (Å²) in [5.41, 5.74) is 3.77. The van der Waals surface area contributed by atoms with Crippen LogP contribution in [0.25, 0.3) is 16.4 Å². The number of aryl methyl sites for hydroxylation is 1. The van der Waals surface area contributed by atoms with Crippen LogP contribution in [0.15, 0.2) is 71.0 Å². The molecule has 2 aromatic heterocycles. The van der Waals surface area contributed by atoms with E-state index >= 15 is 0 Å². The van der Waals surface area contributed by atoms with E-state index in [1.807, 2.05) is 40.9 Å². The summed E-state index contributed by atoms with van der Waals surface area (Å²) in [6.45, 7) is 8.53. The average molecular weight is 342 g/mol. The summed E-state index contributed by atoms with van der Waals surface area (Å²) in [5.74, 6) is 0.795. The Balaban J connectivity index is 1.91. The van der Waals surface area contributed by atoms with Crippen LogP contribution in [0.3, 0.4) is 0 Å². The highest BCUT2D eigenvalue weighted by molar-refractivity contribution is 5.92. The Kier molecular flexibility index (Phi) is 3.83. The molecule has 2 heterocycles. The molecule has 0 saturated heterocycles. The Bertz CT molecular complexity index is 1120. The number of benzene rings is 2. The van der Waals surface area contributed by atoms with E-state index in [4.69, 9.17) is 4.98 Å². The number of hydrogen-bond acceptors (Lipinski definition) is 3. The number of rotatable bonds is 2. The van der Waals surface area contributed by atoms with E-state index in [-0.39, 0.29) is 5.41 Å². The zero-order valence-corrected chi connectivity index (χ0v) is 15.6. The van der Waals surface area contributed by atoms with Gasteiger partial charge in [0.05, 0.1) is 11.4 Å². The lowest BCUT2D eigenvalue weighted by Gasteiger charge is -2.15. The molecule has 4 heteroatoms. The summed E-state index contributed by atoms with van der Waals surface area (Å²) >= 11 is 0. The van der Waals surface area contributed by atoms with Crippen LogP contribution >= 0.6 is 0 Å². The number of azo groups is 1. The van der Waals surface area contributed by atoms with Gasteiger partial charge in [-0.15, -0.1) is 10.2 Å². The van der Waals surface area contributed by atoms with Crippen LogP contribution < -0.4 is 0 Å². The van der Waals surface area contributed by atoms with Crippen molar-refractivity contribution in [2.75, 3.05) is 0 Å². The molecule has 0 spiro atoms. The van der Waals surface area contributed by atoms with Gasteiger partial charge < -0.3 is 0 Å². The maximum Gasteiger partial charge on any atom is 0.183 e. The summed E-state index contributed by atoms with van der Waals surface area (Å²) in [4.78, 5) is 4.87. The number of nitrogens with zero attached hydrogens (tertiary/aromatic N) is 4. The number of imidazole rings is 1. The number of hydrogen-bond donors (Lipinski definition) is 0. The zero-order chi connectivity index (χ0) is 18.3. The molecule has 4 aromatic rings. The lowest BCUT2D eigenvalue weighted by molar-refractivity contribution is 0.574. The van der Waals surface area contributed by atoms with E-state index in [0.717, 1.165) is 39.2 Å². The summed E-state index contributed by atoms with van der Waals surface area (Å²) in [7, 11) is 0. The molecule has 0 aliphatic rings. The van der Waals surface area contributed by atoms with E-state index in [9.17, 15) is 0 Å². The molecule has 0 radical (unpaired) electrons. The van der Waals surface area contributed by atoms with Crippen molar-refractivity contribution in [3.63, 3.8) is 0 Å². The Morgan fingerprint density at radius 3 is 2.46 bits per heavy atom. The standard InChI is InChI=1S/C22H22N4/c1-15-9-8-14-26-20(15)23-19(22(2,3)4)21(26)25-24-18-13-7-11-16-10-5-6-12-17(16)18/h5-14H,1-4H3. The monoisotopic (exact) mass is 342 g/mol. The van der Waals surface area contributed by atoms with Gasteiger partial charge in [0.15, 0.2) is 5.82 Å². The fourth-order valence-electron chi connectivity index (χ4n) is 3.19. The molecule has 0 aliphatic heterocycles. The summed E-state index contributed by atoms with van der Waals surface area (Å²) in [5, 5.41) is 11.5. The SMILES string of the molecule is Cc1cccn2c(N=Nc3cccc4ccccc34)c(C(C)(C)C)nc12. The first kappa shape index (κ1) is 16.5. The first-order valence-electron chi connectivity index (χ1n) is 8.83. The summed E-state index contributed by atoms with van der Waals surface area (Å²) in [6, 6.07) is 18.4. The van der Waals surface area contributed by atoms with Crippen LogP contribution in [-0.2, 0) is 5.41 Å². The second-order valence-corrected chi connectivity index (χ2v) is 7.62. The predicted octanol–water partition coefficient (Wildman–Crippen LogP) is 6.51. The number of pyridine rings is 1. The van der Waals surface area contributed by atoms with Gasteiger partial charge in [-0.2, -0.15) is 0 Å². The molecule has 0 atom stereocenters. The van der Waals surface area contributed by atoms with Gasteiger partial charge in [-0.25, -0.2) is 4.98 Å². The lowest BCUT2D eigenvalue weighted by Crippen LogP contribution is -2.11. The Morgan fingerprint density at radius 1 is 0.885 bits per heavy atom. The van der Waals surface area contributed by atoms with Gasteiger partial charge in [-0.05, 0) is 30.0 Å². The van der Waals surface area contributed by atoms with Crippen LogP contribution in [0.2, 0.25) is 0 Å². The molecule has 0 N–H and O–H groups in total. The Hall–Kier alpha value is -3.01. The van der Waals surface area contributed by atoms with Crippen LogP contribution in [0.4, 0.5) is 11.5 Å². The van der Waals surface area contributed by atoms with Gasteiger partial charge in [0.2, 0.25) is 0 Å². The Morgan fingerprint density at radius 2 is 1.65 bits per heavy atom. The molecule has 0 saturated carbocycles. The van der Waals surface area contributed by atoms with E-state index in [1.165, 1.54) is 0 Å². The minimum Gasteiger partial charge on any atom is -0.283 e. The molecule has 4 nitrogen and oxygen atoms in total. The maximum absolute atomic E-state index is 4.87. The van der Waals surface area contributed by atoms with E-state index in [1.54, 1.807) is 0 Å². The lowest BCUT2D eigenvalue weighted by atomic mass is 9.92. The molecular weight excluding hydrogens is 320 g/mol. The van der Waals surface area contributed by atoms with Crippen molar-refractivity contribution in [3.05, 3.63) is 72.1 Å². The van der Waals surface area contributed by atoms with Gasteiger partial charge in [-0.3, -0.25) is 4.40 Å². The number of aromatic nitrogens is 2. The molecule has 2 aromatic carbocycles. The maximum atomic E-state index is 4.87. The van der Waals surface area contributed by atoms with Crippen molar-refractivity contribution in [3.8, 4) is 0 Å². The highest BCUT2D eigenvalue weighted by atomic mass is 15.2. The predicted molar refractivity (Wildman–Crippen MR) is 107 cm³/mol. The van der Waals surface area contributed by atoms with Crippen molar-refractivity contribution in [1.82, 2.24) is 9.38 Å². The second kappa shape index (κ2) is 6.06. The molecule has 130 valence electrons. The summed E-state index contributed by atoms with van der Waals surface area (Å²) in [6.07, 6.45) is 2.00.